The number of aldehydes is 1. The Balaban J connectivity index is 2.61. The van der Waals surface area contributed by atoms with Crippen LogP contribution in [0.5, 0.6) is 0 Å². The number of hydrogen-bond acceptors (Lipinski definition) is 5. The molecule has 0 bridgehead atoms. The van der Waals surface area contributed by atoms with Crippen molar-refractivity contribution in [3.63, 3.8) is 0 Å². The van der Waals surface area contributed by atoms with Gasteiger partial charge >= 0.3 is 12.1 Å². The molecular weight excluding hydrogens is 238 g/mol. The van der Waals surface area contributed by atoms with Crippen molar-refractivity contribution in [2.75, 3.05) is 26.8 Å². The molecule has 0 N–H and O–H groups in total. The summed E-state index contributed by atoms with van der Waals surface area (Å²) >= 11 is 0. The van der Waals surface area contributed by atoms with Crippen LogP contribution in [0.3, 0.4) is 0 Å². The molecule has 6 nitrogen and oxygen atoms in total. The molecule has 2 unspecified atom stereocenters. The average molecular weight is 257 g/mol. The van der Waals surface area contributed by atoms with Gasteiger partial charge in [0.25, 0.3) is 0 Å². The van der Waals surface area contributed by atoms with E-state index in [1.165, 1.54) is 12.0 Å². The Labute approximate surface area is 106 Å². The summed E-state index contributed by atoms with van der Waals surface area (Å²) in [5.41, 5.74) is 0. The molecule has 0 aliphatic carbocycles. The predicted molar refractivity (Wildman–Crippen MR) is 62.9 cm³/mol. The number of likely N-dealkylation sites (tertiary alicyclic amines) is 1. The lowest BCUT2D eigenvalue weighted by atomic mass is 9.84. The molecule has 6 heteroatoms. The summed E-state index contributed by atoms with van der Waals surface area (Å²) in [6.45, 7) is 2.89. The smallest absolute Gasteiger partial charge is 0.409 e. The molecule has 1 amide bonds. The Hall–Kier alpha value is -1.59. The van der Waals surface area contributed by atoms with Crippen molar-refractivity contribution in [1.82, 2.24) is 4.90 Å². The zero-order valence-corrected chi connectivity index (χ0v) is 10.8. The summed E-state index contributed by atoms with van der Waals surface area (Å²) in [6, 6.07) is 0. The summed E-state index contributed by atoms with van der Waals surface area (Å²) < 4.78 is 9.51. The number of carbonyl (C=O) groups is 3. The van der Waals surface area contributed by atoms with Gasteiger partial charge in [0.05, 0.1) is 20.1 Å². The van der Waals surface area contributed by atoms with Crippen molar-refractivity contribution >= 4 is 18.3 Å². The molecule has 2 atom stereocenters. The standard InChI is InChI=1S/C12H19NO5/c1-3-18-11(15)6-10-7-13(12(16)17-2)5-4-9(10)8-14/h8-10H,3-7H2,1-2H3. The van der Waals surface area contributed by atoms with Crippen LogP contribution in [0.25, 0.3) is 0 Å². The van der Waals surface area contributed by atoms with Gasteiger partial charge < -0.3 is 19.2 Å². The minimum Gasteiger partial charge on any atom is -0.466 e. The van der Waals surface area contributed by atoms with Crippen LogP contribution in [0.1, 0.15) is 19.8 Å². The SMILES string of the molecule is CCOC(=O)CC1CN(C(=O)OC)CCC1C=O. The van der Waals surface area contributed by atoms with Crippen LogP contribution < -0.4 is 0 Å². The second kappa shape index (κ2) is 6.98. The first-order valence-corrected chi connectivity index (χ1v) is 6.06. The van der Waals surface area contributed by atoms with E-state index in [1.807, 2.05) is 0 Å². The molecule has 0 spiro atoms. The first-order chi connectivity index (χ1) is 8.62. The van der Waals surface area contributed by atoms with Gasteiger partial charge in [0, 0.05) is 19.0 Å². The van der Waals surface area contributed by atoms with Crippen LogP contribution in [0, 0.1) is 11.8 Å². The Morgan fingerprint density at radius 2 is 2.17 bits per heavy atom. The second-order valence-corrected chi connectivity index (χ2v) is 4.27. The van der Waals surface area contributed by atoms with E-state index in [-0.39, 0.29) is 24.2 Å². The number of piperidine rings is 1. The van der Waals surface area contributed by atoms with Gasteiger partial charge in [-0.1, -0.05) is 0 Å². The minimum atomic E-state index is -0.423. The number of methoxy groups -OCH3 is 1. The highest BCUT2D eigenvalue weighted by molar-refractivity contribution is 5.71. The van der Waals surface area contributed by atoms with Gasteiger partial charge in [0.15, 0.2) is 0 Å². The lowest BCUT2D eigenvalue weighted by Gasteiger charge is -2.34. The van der Waals surface area contributed by atoms with E-state index < -0.39 is 6.09 Å². The average Bonchev–Trinajstić information content (AvgIpc) is 2.38. The molecule has 1 rings (SSSR count). The largest absolute Gasteiger partial charge is 0.466 e. The monoisotopic (exact) mass is 257 g/mol. The third kappa shape index (κ3) is 3.72. The number of amides is 1. The molecule has 0 aromatic heterocycles. The fourth-order valence-electron chi connectivity index (χ4n) is 2.17. The Morgan fingerprint density at radius 1 is 1.44 bits per heavy atom. The van der Waals surface area contributed by atoms with Crippen LogP contribution in [-0.2, 0) is 19.1 Å². The summed E-state index contributed by atoms with van der Waals surface area (Å²) in [7, 11) is 1.31. The Bertz CT molecular complexity index is 318. The van der Waals surface area contributed by atoms with E-state index in [1.54, 1.807) is 6.92 Å². The predicted octanol–water partition coefficient (Wildman–Crippen LogP) is 0.843. The van der Waals surface area contributed by atoms with Crippen LogP contribution in [0.15, 0.2) is 0 Å². The van der Waals surface area contributed by atoms with Crippen LogP contribution in [0.2, 0.25) is 0 Å². The number of esters is 1. The lowest BCUT2D eigenvalue weighted by molar-refractivity contribution is -0.145. The van der Waals surface area contributed by atoms with Crippen molar-refractivity contribution in [1.29, 1.82) is 0 Å². The molecule has 18 heavy (non-hydrogen) atoms. The van der Waals surface area contributed by atoms with E-state index in [2.05, 4.69) is 4.74 Å². The summed E-state index contributed by atoms with van der Waals surface area (Å²) in [5, 5.41) is 0. The molecule has 0 aromatic rings. The molecule has 1 heterocycles. The normalized spacial score (nSPS) is 23.3. The van der Waals surface area contributed by atoms with E-state index in [9.17, 15) is 14.4 Å². The number of nitrogens with zero attached hydrogens (tertiary/aromatic N) is 1. The molecule has 0 aromatic carbocycles. The highest BCUT2D eigenvalue weighted by Gasteiger charge is 2.33. The first-order valence-electron chi connectivity index (χ1n) is 6.06. The summed E-state index contributed by atoms with van der Waals surface area (Å²) in [5.74, 6) is -0.717. The second-order valence-electron chi connectivity index (χ2n) is 4.27. The van der Waals surface area contributed by atoms with Crippen molar-refractivity contribution in [2.24, 2.45) is 11.8 Å². The molecule has 1 saturated heterocycles. The van der Waals surface area contributed by atoms with Crippen molar-refractivity contribution < 1.29 is 23.9 Å². The maximum atomic E-state index is 11.4. The van der Waals surface area contributed by atoms with Gasteiger partial charge in [-0.2, -0.15) is 0 Å². The molecule has 102 valence electrons. The topological polar surface area (TPSA) is 72.9 Å². The van der Waals surface area contributed by atoms with Gasteiger partial charge in [0.1, 0.15) is 6.29 Å². The van der Waals surface area contributed by atoms with Gasteiger partial charge in [0.2, 0.25) is 0 Å². The minimum absolute atomic E-state index is 0.157. The number of carbonyl (C=O) groups excluding carboxylic acids is 3. The zero-order valence-electron chi connectivity index (χ0n) is 10.8. The van der Waals surface area contributed by atoms with E-state index in [0.717, 1.165) is 6.29 Å². The Morgan fingerprint density at radius 3 is 2.72 bits per heavy atom. The third-order valence-corrected chi connectivity index (χ3v) is 3.13. The fraction of sp³-hybridized carbons (Fsp3) is 0.750. The van der Waals surface area contributed by atoms with Gasteiger partial charge in [-0.25, -0.2) is 4.79 Å². The van der Waals surface area contributed by atoms with Crippen molar-refractivity contribution in [2.45, 2.75) is 19.8 Å². The summed E-state index contributed by atoms with van der Waals surface area (Å²) in [4.78, 5) is 35.4. The number of rotatable bonds is 4. The van der Waals surface area contributed by atoms with Crippen LogP contribution in [-0.4, -0.2) is 50.1 Å². The molecule has 1 aliphatic heterocycles. The third-order valence-electron chi connectivity index (χ3n) is 3.13. The van der Waals surface area contributed by atoms with E-state index >= 15 is 0 Å². The molecule has 0 radical (unpaired) electrons. The molecular formula is C12H19NO5. The Kier molecular flexibility index (Phi) is 5.61. The van der Waals surface area contributed by atoms with Gasteiger partial charge in [-0.3, -0.25) is 4.79 Å². The maximum absolute atomic E-state index is 11.4. The van der Waals surface area contributed by atoms with E-state index in [4.69, 9.17) is 4.74 Å². The van der Waals surface area contributed by atoms with Crippen molar-refractivity contribution in [3.8, 4) is 0 Å². The summed E-state index contributed by atoms with van der Waals surface area (Å²) in [6.07, 6.45) is 1.15. The zero-order chi connectivity index (χ0) is 13.5. The van der Waals surface area contributed by atoms with Crippen LogP contribution in [0.4, 0.5) is 4.79 Å². The number of hydrogen-bond donors (Lipinski definition) is 0. The highest BCUT2D eigenvalue weighted by Crippen LogP contribution is 2.25. The first kappa shape index (κ1) is 14.5. The quantitative estimate of drug-likeness (QED) is 0.551. The molecule has 0 saturated carbocycles. The van der Waals surface area contributed by atoms with Gasteiger partial charge in [-0.05, 0) is 19.3 Å². The fourth-order valence-corrected chi connectivity index (χ4v) is 2.17. The van der Waals surface area contributed by atoms with Crippen molar-refractivity contribution in [3.05, 3.63) is 0 Å². The highest BCUT2D eigenvalue weighted by atomic mass is 16.5. The maximum Gasteiger partial charge on any atom is 0.409 e. The molecule has 1 aliphatic rings. The molecule has 1 fully saturated rings. The van der Waals surface area contributed by atoms with Crippen LogP contribution >= 0.6 is 0 Å². The van der Waals surface area contributed by atoms with E-state index in [0.29, 0.717) is 26.1 Å². The lowest BCUT2D eigenvalue weighted by Crippen LogP contribution is -2.45. The number of ether oxygens (including phenoxy) is 2. The van der Waals surface area contributed by atoms with Gasteiger partial charge in [-0.15, -0.1) is 0 Å².